The van der Waals surface area contributed by atoms with Gasteiger partial charge in [-0.15, -0.1) is 0 Å². The predicted molar refractivity (Wildman–Crippen MR) is 102 cm³/mol. The van der Waals surface area contributed by atoms with Crippen LogP contribution in [0.2, 0.25) is 0 Å². The lowest BCUT2D eigenvalue weighted by Gasteiger charge is -2.10. The molecule has 0 spiro atoms. The highest BCUT2D eigenvalue weighted by Crippen LogP contribution is 2.25. The van der Waals surface area contributed by atoms with Gasteiger partial charge in [-0.25, -0.2) is 4.79 Å². The molecule has 27 heavy (non-hydrogen) atoms. The van der Waals surface area contributed by atoms with Crippen LogP contribution in [0, 0.1) is 0 Å². The summed E-state index contributed by atoms with van der Waals surface area (Å²) in [5.41, 5.74) is 1.21. The molecule has 2 aromatic carbocycles. The fourth-order valence-electron chi connectivity index (χ4n) is 2.32. The second-order valence-corrected chi connectivity index (χ2v) is 5.47. The number of benzene rings is 2. The maximum absolute atomic E-state index is 12.6. The van der Waals surface area contributed by atoms with Crippen molar-refractivity contribution >= 4 is 17.8 Å². The van der Waals surface area contributed by atoms with E-state index < -0.39 is 12.6 Å². The zero-order chi connectivity index (χ0) is 19.6. The average Bonchev–Trinajstić information content (AvgIpc) is 2.67. The number of allylic oxidation sites excluding steroid dienone is 1. The molecule has 0 saturated carbocycles. The lowest BCUT2D eigenvalue weighted by molar-refractivity contribution is -0.139. The third-order valence-corrected chi connectivity index (χ3v) is 3.50. The van der Waals surface area contributed by atoms with Crippen LogP contribution in [-0.4, -0.2) is 36.7 Å². The van der Waals surface area contributed by atoms with Crippen LogP contribution < -0.4 is 14.2 Å². The molecule has 2 rings (SSSR count). The van der Waals surface area contributed by atoms with Crippen LogP contribution in [-0.2, 0) is 4.79 Å². The number of rotatable bonds is 10. The zero-order valence-electron chi connectivity index (χ0n) is 15.3. The van der Waals surface area contributed by atoms with E-state index in [1.165, 1.54) is 6.08 Å². The number of ether oxygens (including phenoxy) is 3. The second kappa shape index (κ2) is 10.0. The van der Waals surface area contributed by atoms with Crippen LogP contribution in [0.5, 0.6) is 17.2 Å². The van der Waals surface area contributed by atoms with E-state index in [0.717, 1.165) is 5.56 Å². The summed E-state index contributed by atoms with van der Waals surface area (Å²) in [4.78, 5) is 23.1. The minimum atomic E-state index is -1.04. The van der Waals surface area contributed by atoms with Gasteiger partial charge in [-0.2, -0.15) is 0 Å². The summed E-state index contributed by atoms with van der Waals surface area (Å²) >= 11 is 0. The summed E-state index contributed by atoms with van der Waals surface area (Å²) in [5, 5.41) is 8.60. The van der Waals surface area contributed by atoms with Crippen molar-refractivity contribution < 1.29 is 28.9 Å². The minimum Gasteiger partial charge on any atom is -0.494 e. The summed E-state index contributed by atoms with van der Waals surface area (Å²) < 4.78 is 16.1. The molecule has 0 heterocycles. The fraction of sp³-hybridized carbons (Fsp3) is 0.238. The smallest absolute Gasteiger partial charge is 0.341 e. The molecule has 0 aliphatic heterocycles. The number of carboxylic acids is 1. The molecule has 6 nitrogen and oxygen atoms in total. The van der Waals surface area contributed by atoms with Crippen molar-refractivity contribution in [2.24, 2.45) is 0 Å². The summed E-state index contributed by atoms with van der Waals surface area (Å²) in [5.74, 6) is 0.324. The molecule has 0 amide bonds. The molecule has 2 aromatic rings. The fourth-order valence-corrected chi connectivity index (χ4v) is 2.32. The van der Waals surface area contributed by atoms with Crippen LogP contribution in [0.25, 0.3) is 6.08 Å². The highest BCUT2D eigenvalue weighted by atomic mass is 16.5. The molecule has 0 fully saturated rings. The van der Waals surface area contributed by atoms with Crippen molar-refractivity contribution in [3.05, 3.63) is 59.7 Å². The summed E-state index contributed by atoms with van der Waals surface area (Å²) in [6.45, 7) is 4.30. The van der Waals surface area contributed by atoms with Gasteiger partial charge >= 0.3 is 5.97 Å². The van der Waals surface area contributed by atoms with Crippen molar-refractivity contribution in [2.45, 2.75) is 13.8 Å². The van der Waals surface area contributed by atoms with Crippen LogP contribution in [0.1, 0.15) is 29.8 Å². The first kappa shape index (κ1) is 20.0. The Kier molecular flexibility index (Phi) is 7.43. The molecule has 1 N–H and O–H groups in total. The lowest BCUT2D eigenvalue weighted by Crippen LogP contribution is -2.09. The van der Waals surface area contributed by atoms with E-state index in [-0.39, 0.29) is 5.78 Å². The number of hydrogen-bond acceptors (Lipinski definition) is 5. The first-order valence-electron chi connectivity index (χ1n) is 8.60. The highest BCUT2D eigenvalue weighted by molar-refractivity contribution is 6.08. The van der Waals surface area contributed by atoms with E-state index in [2.05, 4.69) is 0 Å². The van der Waals surface area contributed by atoms with E-state index in [9.17, 15) is 9.59 Å². The maximum atomic E-state index is 12.6. The number of hydrogen-bond donors (Lipinski definition) is 1. The van der Waals surface area contributed by atoms with Gasteiger partial charge in [0.15, 0.2) is 12.4 Å². The van der Waals surface area contributed by atoms with Gasteiger partial charge < -0.3 is 19.3 Å². The molecule has 142 valence electrons. The number of aliphatic carboxylic acids is 1. The first-order chi connectivity index (χ1) is 13.0. The van der Waals surface area contributed by atoms with Gasteiger partial charge in [0.05, 0.1) is 18.8 Å². The Morgan fingerprint density at radius 2 is 1.59 bits per heavy atom. The quantitative estimate of drug-likeness (QED) is 0.505. The van der Waals surface area contributed by atoms with Crippen molar-refractivity contribution in [1.82, 2.24) is 0 Å². The van der Waals surface area contributed by atoms with Crippen molar-refractivity contribution in [3.63, 3.8) is 0 Å². The molecule has 0 bridgehead atoms. The summed E-state index contributed by atoms with van der Waals surface area (Å²) in [6.07, 6.45) is 3.13. The lowest BCUT2D eigenvalue weighted by atomic mass is 10.1. The van der Waals surface area contributed by atoms with Crippen molar-refractivity contribution in [3.8, 4) is 17.2 Å². The van der Waals surface area contributed by atoms with Gasteiger partial charge in [0.1, 0.15) is 17.2 Å². The normalized spacial score (nSPS) is 10.6. The molecule has 6 heteroatoms. The molecular formula is C21H22O6. The molecule has 0 atom stereocenters. The molecule has 0 radical (unpaired) electrons. The Balaban J connectivity index is 2.13. The summed E-state index contributed by atoms with van der Waals surface area (Å²) in [6, 6.07) is 11.9. The van der Waals surface area contributed by atoms with Crippen LogP contribution in [0.4, 0.5) is 0 Å². The molecule has 0 unspecified atom stereocenters. The Morgan fingerprint density at radius 3 is 2.22 bits per heavy atom. The monoisotopic (exact) mass is 370 g/mol. The Morgan fingerprint density at radius 1 is 0.926 bits per heavy atom. The highest BCUT2D eigenvalue weighted by Gasteiger charge is 2.12. The van der Waals surface area contributed by atoms with Crippen LogP contribution in [0.3, 0.4) is 0 Å². The molecule has 0 aliphatic rings. The van der Waals surface area contributed by atoms with Gasteiger partial charge in [0.2, 0.25) is 0 Å². The minimum absolute atomic E-state index is 0.203. The molecular weight excluding hydrogens is 348 g/mol. The zero-order valence-corrected chi connectivity index (χ0v) is 15.3. The molecule has 0 aromatic heterocycles. The maximum Gasteiger partial charge on any atom is 0.341 e. The van der Waals surface area contributed by atoms with Gasteiger partial charge in [0.25, 0.3) is 0 Å². The Hall–Kier alpha value is -3.28. The predicted octanol–water partition coefficient (Wildman–Crippen LogP) is 3.84. The van der Waals surface area contributed by atoms with Gasteiger partial charge in [-0.3, -0.25) is 4.79 Å². The van der Waals surface area contributed by atoms with E-state index in [1.54, 1.807) is 48.5 Å². The van der Waals surface area contributed by atoms with Gasteiger partial charge in [0, 0.05) is 0 Å². The second-order valence-electron chi connectivity index (χ2n) is 5.47. The average molecular weight is 370 g/mol. The number of ketones is 1. The number of carboxylic acid groups (broad SMARTS) is 1. The van der Waals surface area contributed by atoms with Gasteiger partial charge in [-0.05, 0) is 55.8 Å². The number of carbonyl (C=O) groups is 2. The topological polar surface area (TPSA) is 82.1 Å². The SMILES string of the molecule is CCOc1ccc(OCC)c(C(=O)/C=C/c2ccc(OCC(=O)O)cc2)c1. The summed E-state index contributed by atoms with van der Waals surface area (Å²) in [7, 11) is 0. The van der Waals surface area contributed by atoms with Crippen LogP contribution >= 0.6 is 0 Å². The van der Waals surface area contributed by atoms with E-state index in [1.807, 2.05) is 13.8 Å². The number of carbonyl (C=O) groups excluding carboxylic acids is 1. The molecule has 0 saturated heterocycles. The Labute approximate surface area is 158 Å². The Bertz CT molecular complexity index is 808. The van der Waals surface area contributed by atoms with E-state index in [4.69, 9.17) is 19.3 Å². The molecule has 0 aliphatic carbocycles. The first-order valence-corrected chi connectivity index (χ1v) is 8.60. The third kappa shape index (κ3) is 6.18. The largest absolute Gasteiger partial charge is 0.494 e. The van der Waals surface area contributed by atoms with Crippen molar-refractivity contribution in [2.75, 3.05) is 19.8 Å². The van der Waals surface area contributed by atoms with Gasteiger partial charge in [-0.1, -0.05) is 18.2 Å². The van der Waals surface area contributed by atoms with Crippen molar-refractivity contribution in [1.29, 1.82) is 0 Å². The van der Waals surface area contributed by atoms with E-state index >= 15 is 0 Å². The standard InChI is InChI=1S/C21H22O6/c1-3-25-17-10-12-20(26-4-2)18(13-17)19(22)11-7-15-5-8-16(9-6-15)27-14-21(23)24/h5-13H,3-4,14H2,1-2H3,(H,23,24)/b11-7+. The van der Waals surface area contributed by atoms with Crippen LogP contribution in [0.15, 0.2) is 48.5 Å². The van der Waals surface area contributed by atoms with E-state index in [0.29, 0.717) is 36.0 Å². The third-order valence-electron chi connectivity index (χ3n) is 3.50.